The minimum atomic E-state index is -4.44. The van der Waals surface area contributed by atoms with Gasteiger partial charge in [0.15, 0.2) is 5.78 Å². The van der Waals surface area contributed by atoms with E-state index in [1.54, 1.807) is 4.90 Å². The molecule has 1 saturated carbocycles. The SMILES string of the molecule is Cc1cc(C)c(C2C(=O)CC(CC3CCN(C(=O)c4ccc(C(F)(F)F)cc4)CC3)C2=O)c(C)c1. The summed E-state index contributed by atoms with van der Waals surface area (Å²) < 4.78 is 38.3. The van der Waals surface area contributed by atoms with Crippen molar-refractivity contribution in [3.05, 3.63) is 69.8 Å². The number of nitrogens with zero attached hydrogens (tertiary/aromatic N) is 1. The van der Waals surface area contributed by atoms with E-state index in [9.17, 15) is 27.6 Å². The van der Waals surface area contributed by atoms with Crippen molar-refractivity contribution in [2.24, 2.45) is 11.8 Å². The third-order valence-electron chi connectivity index (χ3n) is 7.46. The molecule has 1 saturated heterocycles. The predicted molar refractivity (Wildman–Crippen MR) is 126 cm³/mol. The van der Waals surface area contributed by atoms with Gasteiger partial charge in [0.05, 0.1) is 5.56 Å². The molecular weight excluding hydrogens is 455 g/mol. The van der Waals surface area contributed by atoms with Crippen molar-refractivity contribution in [3.63, 3.8) is 0 Å². The van der Waals surface area contributed by atoms with Crippen molar-refractivity contribution in [1.82, 2.24) is 4.90 Å². The van der Waals surface area contributed by atoms with E-state index in [1.165, 1.54) is 12.1 Å². The van der Waals surface area contributed by atoms with Crippen LogP contribution in [0.2, 0.25) is 0 Å². The van der Waals surface area contributed by atoms with Crippen LogP contribution in [0.4, 0.5) is 13.2 Å². The van der Waals surface area contributed by atoms with Crippen LogP contribution in [0.5, 0.6) is 0 Å². The van der Waals surface area contributed by atoms with Crippen molar-refractivity contribution in [1.29, 1.82) is 0 Å². The summed E-state index contributed by atoms with van der Waals surface area (Å²) in [5.74, 6) is -1.03. The van der Waals surface area contributed by atoms with E-state index in [-0.39, 0.29) is 41.3 Å². The third kappa shape index (κ3) is 5.19. The number of carbonyl (C=O) groups excluding carboxylic acids is 3. The molecule has 2 aliphatic rings. The molecule has 1 aliphatic carbocycles. The zero-order valence-electron chi connectivity index (χ0n) is 20.2. The highest BCUT2D eigenvalue weighted by molar-refractivity contribution is 6.15. The Morgan fingerprint density at radius 1 is 0.971 bits per heavy atom. The summed E-state index contributed by atoms with van der Waals surface area (Å²) in [4.78, 5) is 40.5. The van der Waals surface area contributed by atoms with E-state index >= 15 is 0 Å². The highest BCUT2D eigenvalue weighted by Gasteiger charge is 2.44. The maximum atomic E-state index is 13.3. The van der Waals surface area contributed by atoms with Crippen molar-refractivity contribution in [2.45, 2.75) is 58.5 Å². The number of halogens is 3. The molecule has 1 amide bonds. The Morgan fingerprint density at radius 2 is 1.54 bits per heavy atom. The molecule has 2 atom stereocenters. The van der Waals surface area contributed by atoms with Crippen LogP contribution >= 0.6 is 0 Å². The number of alkyl halides is 3. The number of hydrogen-bond acceptors (Lipinski definition) is 3. The first-order chi connectivity index (χ1) is 16.5. The molecule has 186 valence electrons. The molecule has 0 bridgehead atoms. The average Bonchev–Trinajstić information content (AvgIpc) is 3.06. The van der Waals surface area contributed by atoms with Gasteiger partial charge in [0.2, 0.25) is 0 Å². The normalized spacial score (nSPS) is 21.6. The minimum Gasteiger partial charge on any atom is -0.339 e. The number of carbonyl (C=O) groups is 3. The van der Waals surface area contributed by atoms with Crippen molar-refractivity contribution in [2.75, 3.05) is 13.1 Å². The molecule has 4 rings (SSSR count). The quantitative estimate of drug-likeness (QED) is 0.513. The summed E-state index contributed by atoms with van der Waals surface area (Å²) in [6.45, 7) is 6.87. The van der Waals surface area contributed by atoms with Gasteiger partial charge in [0.25, 0.3) is 5.91 Å². The van der Waals surface area contributed by atoms with Crippen LogP contribution in [0, 0.1) is 32.6 Å². The minimum absolute atomic E-state index is 0.00770. The highest BCUT2D eigenvalue weighted by atomic mass is 19.4. The van der Waals surface area contributed by atoms with Gasteiger partial charge in [0, 0.05) is 31.0 Å². The summed E-state index contributed by atoms with van der Waals surface area (Å²) >= 11 is 0. The Hall–Kier alpha value is -2.96. The highest BCUT2D eigenvalue weighted by Crippen LogP contribution is 2.40. The van der Waals surface area contributed by atoms with Crippen LogP contribution in [-0.4, -0.2) is 35.5 Å². The maximum absolute atomic E-state index is 13.3. The first kappa shape index (κ1) is 25.1. The van der Waals surface area contributed by atoms with Gasteiger partial charge < -0.3 is 4.90 Å². The molecule has 1 heterocycles. The van der Waals surface area contributed by atoms with Gasteiger partial charge in [-0.3, -0.25) is 14.4 Å². The number of aryl methyl sites for hydroxylation is 3. The smallest absolute Gasteiger partial charge is 0.339 e. The second kappa shape index (κ2) is 9.59. The molecule has 7 heteroatoms. The molecule has 0 spiro atoms. The van der Waals surface area contributed by atoms with E-state index in [4.69, 9.17) is 0 Å². The number of ketones is 2. The van der Waals surface area contributed by atoms with E-state index < -0.39 is 17.7 Å². The first-order valence-electron chi connectivity index (χ1n) is 12.1. The van der Waals surface area contributed by atoms with E-state index in [0.717, 1.165) is 34.4 Å². The van der Waals surface area contributed by atoms with Gasteiger partial charge in [-0.2, -0.15) is 13.2 Å². The fourth-order valence-corrected chi connectivity index (χ4v) is 5.76. The van der Waals surface area contributed by atoms with E-state index in [2.05, 4.69) is 0 Å². The Bertz CT molecular complexity index is 1120. The lowest BCUT2D eigenvalue weighted by Gasteiger charge is -2.33. The van der Waals surface area contributed by atoms with Crippen molar-refractivity contribution >= 4 is 17.5 Å². The number of likely N-dealkylation sites (tertiary alicyclic amines) is 1. The third-order valence-corrected chi connectivity index (χ3v) is 7.46. The molecule has 2 fully saturated rings. The van der Waals surface area contributed by atoms with Crippen molar-refractivity contribution < 1.29 is 27.6 Å². The molecule has 0 radical (unpaired) electrons. The topological polar surface area (TPSA) is 54.5 Å². The molecule has 2 unspecified atom stereocenters. The van der Waals surface area contributed by atoms with Gasteiger partial charge in [-0.15, -0.1) is 0 Å². The predicted octanol–water partition coefficient (Wildman–Crippen LogP) is 5.81. The fraction of sp³-hybridized carbons (Fsp3) is 0.464. The van der Waals surface area contributed by atoms with Crippen molar-refractivity contribution in [3.8, 4) is 0 Å². The van der Waals surface area contributed by atoms with Gasteiger partial charge in [-0.1, -0.05) is 17.7 Å². The van der Waals surface area contributed by atoms with E-state index in [0.29, 0.717) is 32.4 Å². The molecule has 0 aromatic heterocycles. The van der Waals surface area contributed by atoms with Gasteiger partial charge in [0.1, 0.15) is 11.7 Å². The number of rotatable bonds is 4. The lowest BCUT2D eigenvalue weighted by atomic mass is 9.83. The Balaban J connectivity index is 1.36. The zero-order chi connectivity index (χ0) is 25.5. The lowest BCUT2D eigenvalue weighted by Crippen LogP contribution is -2.39. The lowest BCUT2D eigenvalue weighted by molar-refractivity contribution is -0.137. The molecular formula is C28H30F3NO3. The molecule has 1 aliphatic heterocycles. The van der Waals surface area contributed by atoms with Gasteiger partial charge in [-0.05, 0) is 86.9 Å². The fourth-order valence-electron chi connectivity index (χ4n) is 5.76. The Labute approximate surface area is 203 Å². The van der Waals surface area contributed by atoms with Crippen LogP contribution in [0.25, 0.3) is 0 Å². The number of piperidine rings is 1. The summed E-state index contributed by atoms with van der Waals surface area (Å²) in [6.07, 6.45) is -2.13. The average molecular weight is 486 g/mol. The summed E-state index contributed by atoms with van der Waals surface area (Å²) in [7, 11) is 0. The summed E-state index contributed by atoms with van der Waals surface area (Å²) in [5, 5.41) is 0. The molecule has 2 aromatic carbocycles. The van der Waals surface area contributed by atoms with Crippen LogP contribution in [0.1, 0.15) is 69.8 Å². The molecule has 4 nitrogen and oxygen atoms in total. The molecule has 35 heavy (non-hydrogen) atoms. The Morgan fingerprint density at radius 3 is 2.09 bits per heavy atom. The van der Waals surface area contributed by atoms with Crippen LogP contribution in [0.15, 0.2) is 36.4 Å². The second-order valence-corrected chi connectivity index (χ2v) is 10.1. The molecule has 0 N–H and O–H groups in total. The van der Waals surface area contributed by atoms with Gasteiger partial charge >= 0.3 is 6.18 Å². The monoisotopic (exact) mass is 485 g/mol. The Kier molecular flexibility index (Phi) is 6.89. The second-order valence-electron chi connectivity index (χ2n) is 10.1. The summed E-state index contributed by atoms with van der Waals surface area (Å²) in [5.41, 5.74) is 3.37. The molecule has 2 aromatic rings. The zero-order valence-corrected chi connectivity index (χ0v) is 20.2. The number of amides is 1. The van der Waals surface area contributed by atoms with Crippen LogP contribution < -0.4 is 0 Å². The van der Waals surface area contributed by atoms with Gasteiger partial charge in [-0.25, -0.2) is 0 Å². The van der Waals surface area contributed by atoms with Crippen LogP contribution in [0.3, 0.4) is 0 Å². The summed E-state index contributed by atoms with van der Waals surface area (Å²) in [6, 6.07) is 8.32. The maximum Gasteiger partial charge on any atom is 0.416 e. The first-order valence-corrected chi connectivity index (χ1v) is 12.1. The van der Waals surface area contributed by atoms with E-state index in [1.807, 2.05) is 32.9 Å². The largest absolute Gasteiger partial charge is 0.416 e. The number of hydrogen-bond donors (Lipinski definition) is 0. The standard InChI is InChI=1S/C28H30F3NO3/c1-16-12-17(2)24(18(3)13-16)25-23(33)15-21(26(25)34)14-19-8-10-32(11-9-19)27(35)20-4-6-22(7-5-20)28(29,30)31/h4-7,12-13,19,21,25H,8-11,14-15H2,1-3H3. The van der Waals surface area contributed by atoms with Crippen LogP contribution in [-0.2, 0) is 15.8 Å². The number of benzene rings is 2. The number of Topliss-reactive ketones (excluding diaryl/α,β-unsaturated/α-hetero) is 2.